The molecule has 0 aliphatic rings. The first-order valence-corrected chi connectivity index (χ1v) is 7.91. The van der Waals surface area contributed by atoms with E-state index >= 15 is 0 Å². The molecule has 0 saturated carbocycles. The molecular weight excluding hydrogens is 293 g/mol. The van der Waals surface area contributed by atoms with Gasteiger partial charge in [-0.05, 0) is 48.9 Å². The Bertz CT molecular complexity index is 697. The molecule has 0 fully saturated rings. The van der Waals surface area contributed by atoms with Gasteiger partial charge in [-0.15, -0.1) is 0 Å². The molecular formula is C15H16FNO3S. The van der Waals surface area contributed by atoms with Crippen LogP contribution in [-0.2, 0) is 16.6 Å². The summed E-state index contributed by atoms with van der Waals surface area (Å²) in [5.74, 6) is -0.417. The first kappa shape index (κ1) is 15.5. The second kappa shape index (κ2) is 6.24. The molecule has 0 aromatic heterocycles. The van der Waals surface area contributed by atoms with Crippen molar-refractivity contribution in [3.63, 3.8) is 0 Å². The Morgan fingerprint density at radius 1 is 1.05 bits per heavy atom. The number of rotatable bonds is 5. The Kier molecular flexibility index (Phi) is 4.59. The van der Waals surface area contributed by atoms with Crippen LogP contribution in [0.2, 0.25) is 0 Å². The van der Waals surface area contributed by atoms with Crippen LogP contribution in [0.15, 0.2) is 53.4 Å². The van der Waals surface area contributed by atoms with Gasteiger partial charge < -0.3 is 5.11 Å². The maximum Gasteiger partial charge on any atom is 0.264 e. The Morgan fingerprint density at radius 3 is 2.10 bits per heavy atom. The molecule has 0 spiro atoms. The van der Waals surface area contributed by atoms with Crippen LogP contribution in [0.3, 0.4) is 0 Å². The fourth-order valence-electron chi connectivity index (χ4n) is 1.99. The highest BCUT2D eigenvalue weighted by Gasteiger charge is 2.23. The third kappa shape index (κ3) is 3.22. The number of aliphatic hydroxyl groups excluding tert-OH is 1. The number of benzene rings is 2. The van der Waals surface area contributed by atoms with Gasteiger partial charge in [-0.25, -0.2) is 12.8 Å². The van der Waals surface area contributed by atoms with Gasteiger partial charge in [0, 0.05) is 6.54 Å². The Balaban J connectivity index is 2.41. The third-order valence-corrected chi connectivity index (χ3v) is 5.01. The summed E-state index contributed by atoms with van der Waals surface area (Å²) < 4.78 is 39.4. The summed E-state index contributed by atoms with van der Waals surface area (Å²) in [6.45, 7) is 1.80. The van der Waals surface area contributed by atoms with Gasteiger partial charge in [-0.1, -0.05) is 12.1 Å². The molecule has 2 aromatic rings. The van der Waals surface area contributed by atoms with E-state index < -0.39 is 15.8 Å². The van der Waals surface area contributed by atoms with E-state index in [9.17, 15) is 12.8 Å². The first-order valence-electron chi connectivity index (χ1n) is 6.47. The van der Waals surface area contributed by atoms with Crippen molar-refractivity contribution in [2.45, 2.75) is 18.4 Å². The summed E-state index contributed by atoms with van der Waals surface area (Å²) in [6, 6.07) is 11.3. The lowest BCUT2D eigenvalue weighted by atomic mass is 10.2. The second-order valence-electron chi connectivity index (χ2n) is 4.45. The zero-order valence-electron chi connectivity index (χ0n) is 11.5. The number of anilines is 1. The molecule has 0 bridgehead atoms. The van der Waals surface area contributed by atoms with E-state index in [1.54, 1.807) is 19.1 Å². The maximum absolute atomic E-state index is 13.0. The van der Waals surface area contributed by atoms with E-state index in [0.717, 1.165) is 0 Å². The highest BCUT2D eigenvalue weighted by molar-refractivity contribution is 7.92. The number of halogens is 1. The van der Waals surface area contributed by atoms with Gasteiger partial charge in [-0.3, -0.25) is 4.31 Å². The van der Waals surface area contributed by atoms with Gasteiger partial charge >= 0.3 is 0 Å². The van der Waals surface area contributed by atoms with E-state index in [-0.39, 0.29) is 18.0 Å². The molecule has 0 heterocycles. The maximum atomic E-state index is 13.0. The normalized spacial score (nSPS) is 11.4. The summed E-state index contributed by atoms with van der Waals surface area (Å²) in [7, 11) is -3.71. The molecule has 112 valence electrons. The van der Waals surface area contributed by atoms with Crippen molar-refractivity contribution in [3.8, 4) is 0 Å². The highest BCUT2D eigenvalue weighted by Crippen LogP contribution is 2.23. The predicted octanol–water partition coefficient (Wildman–Crippen LogP) is 2.53. The van der Waals surface area contributed by atoms with Crippen molar-refractivity contribution in [3.05, 3.63) is 59.9 Å². The van der Waals surface area contributed by atoms with Crippen LogP contribution < -0.4 is 4.31 Å². The minimum atomic E-state index is -3.71. The van der Waals surface area contributed by atoms with E-state index in [1.807, 2.05) is 0 Å². The molecule has 0 aliphatic heterocycles. The minimum absolute atomic E-state index is 0.130. The Morgan fingerprint density at radius 2 is 1.62 bits per heavy atom. The van der Waals surface area contributed by atoms with E-state index in [1.165, 1.54) is 40.7 Å². The summed E-state index contributed by atoms with van der Waals surface area (Å²) in [6.07, 6.45) is 0. The smallest absolute Gasteiger partial charge is 0.264 e. The minimum Gasteiger partial charge on any atom is -0.392 e. The van der Waals surface area contributed by atoms with Crippen molar-refractivity contribution < 1.29 is 17.9 Å². The van der Waals surface area contributed by atoms with Crippen LogP contribution in [0.25, 0.3) is 0 Å². The lowest BCUT2D eigenvalue weighted by molar-refractivity contribution is 0.282. The average Bonchev–Trinajstić information content (AvgIpc) is 2.50. The summed E-state index contributed by atoms with van der Waals surface area (Å²) >= 11 is 0. The van der Waals surface area contributed by atoms with Gasteiger partial charge in [0.25, 0.3) is 10.0 Å². The zero-order chi connectivity index (χ0) is 15.5. The van der Waals surface area contributed by atoms with Crippen LogP contribution in [0, 0.1) is 5.82 Å². The van der Waals surface area contributed by atoms with Crippen molar-refractivity contribution in [1.29, 1.82) is 0 Å². The molecule has 4 nitrogen and oxygen atoms in total. The predicted molar refractivity (Wildman–Crippen MR) is 79.0 cm³/mol. The number of aliphatic hydroxyl groups is 1. The molecule has 6 heteroatoms. The van der Waals surface area contributed by atoms with Gasteiger partial charge in [0.05, 0.1) is 17.2 Å². The lowest BCUT2D eigenvalue weighted by Crippen LogP contribution is -2.30. The third-order valence-electron chi connectivity index (χ3n) is 3.10. The molecule has 21 heavy (non-hydrogen) atoms. The van der Waals surface area contributed by atoms with E-state index in [4.69, 9.17) is 5.11 Å². The second-order valence-corrected chi connectivity index (χ2v) is 6.31. The number of hydrogen-bond donors (Lipinski definition) is 1. The molecule has 0 unspecified atom stereocenters. The SMILES string of the molecule is CCN(c1ccc(F)cc1)S(=O)(=O)c1ccc(CO)cc1. The molecule has 0 aliphatic carbocycles. The molecule has 2 aromatic carbocycles. The van der Waals surface area contributed by atoms with Crippen molar-refractivity contribution in [2.24, 2.45) is 0 Å². The molecule has 0 atom stereocenters. The largest absolute Gasteiger partial charge is 0.392 e. The standard InChI is InChI=1S/C15H16FNO3S/c1-2-17(14-7-5-13(16)6-8-14)21(19,20)15-9-3-12(11-18)4-10-15/h3-10,18H,2,11H2,1H3. The van der Waals surface area contributed by atoms with Gasteiger partial charge in [-0.2, -0.15) is 0 Å². The van der Waals surface area contributed by atoms with Crippen LogP contribution in [0.4, 0.5) is 10.1 Å². The molecule has 0 saturated heterocycles. The molecule has 2 rings (SSSR count). The van der Waals surface area contributed by atoms with E-state index in [0.29, 0.717) is 11.3 Å². The summed E-state index contributed by atoms with van der Waals surface area (Å²) in [4.78, 5) is 0.130. The summed E-state index contributed by atoms with van der Waals surface area (Å²) in [5, 5.41) is 9.00. The number of hydrogen-bond acceptors (Lipinski definition) is 3. The number of nitrogens with zero attached hydrogens (tertiary/aromatic N) is 1. The number of sulfonamides is 1. The first-order chi connectivity index (χ1) is 9.98. The van der Waals surface area contributed by atoms with Crippen LogP contribution >= 0.6 is 0 Å². The molecule has 0 radical (unpaired) electrons. The lowest BCUT2D eigenvalue weighted by Gasteiger charge is -2.23. The van der Waals surface area contributed by atoms with Crippen LogP contribution in [0.5, 0.6) is 0 Å². The Labute approximate surface area is 123 Å². The van der Waals surface area contributed by atoms with Gasteiger partial charge in [0.1, 0.15) is 5.82 Å². The molecule has 0 amide bonds. The topological polar surface area (TPSA) is 57.6 Å². The molecule has 1 N–H and O–H groups in total. The van der Waals surface area contributed by atoms with Crippen LogP contribution in [-0.4, -0.2) is 20.1 Å². The quantitative estimate of drug-likeness (QED) is 0.923. The monoisotopic (exact) mass is 309 g/mol. The van der Waals surface area contributed by atoms with Gasteiger partial charge in [0.15, 0.2) is 0 Å². The summed E-state index contributed by atoms with van der Waals surface area (Å²) in [5.41, 5.74) is 1.05. The highest BCUT2D eigenvalue weighted by atomic mass is 32.2. The van der Waals surface area contributed by atoms with Crippen molar-refractivity contribution >= 4 is 15.7 Å². The van der Waals surface area contributed by atoms with E-state index in [2.05, 4.69) is 0 Å². The van der Waals surface area contributed by atoms with Crippen molar-refractivity contribution in [2.75, 3.05) is 10.8 Å². The fourth-order valence-corrected chi connectivity index (χ4v) is 3.47. The van der Waals surface area contributed by atoms with Crippen molar-refractivity contribution in [1.82, 2.24) is 0 Å². The fraction of sp³-hybridized carbons (Fsp3) is 0.200. The zero-order valence-corrected chi connectivity index (χ0v) is 12.3. The van der Waals surface area contributed by atoms with Gasteiger partial charge in [0.2, 0.25) is 0 Å². The van der Waals surface area contributed by atoms with Crippen LogP contribution in [0.1, 0.15) is 12.5 Å². The average molecular weight is 309 g/mol. The Hall–Kier alpha value is -1.92.